The van der Waals surface area contributed by atoms with E-state index in [4.69, 9.17) is 9.84 Å². The van der Waals surface area contributed by atoms with Crippen LogP contribution in [0.4, 0.5) is 5.69 Å². The second-order valence-corrected chi connectivity index (χ2v) is 5.10. The highest BCUT2D eigenvalue weighted by molar-refractivity contribution is 9.10. The largest absolute Gasteiger partial charge is 0.479 e. The summed E-state index contributed by atoms with van der Waals surface area (Å²) in [5.74, 6) is -1.37. The van der Waals surface area contributed by atoms with Gasteiger partial charge in [-0.15, -0.1) is 0 Å². The molecule has 2 heterocycles. The normalized spacial score (nSPS) is 22.2. The first kappa shape index (κ1) is 14.0. The Kier molecular flexibility index (Phi) is 4.16. The molecule has 19 heavy (non-hydrogen) atoms. The Morgan fingerprint density at radius 1 is 1.42 bits per heavy atom. The van der Waals surface area contributed by atoms with Crippen molar-refractivity contribution in [3.63, 3.8) is 0 Å². The molecule has 0 bridgehead atoms. The number of carboxylic acid groups (broad SMARTS) is 1. The number of amides is 1. The summed E-state index contributed by atoms with van der Waals surface area (Å²) in [7, 11) is 0. The molecule has 6 nitrogen and oxygen atoms in total. The number of hydrogen-bond donors (Lipinski definition) is 2. The number of carboxylic acids is 1. The Bertz CT molecular complexity index is 520. The predicted octanol–water partition coefficient (Wildman–Crippen LogP) is 1.72. The number of aryl methyl sites for hydroxylation is 1. The van der Waals surface area contributed by atoms with Crippen LogP contribution in [0, 0.1) is 6.92 Å². The minimum Gasteiger partial charge on any atom is -0.479 e. The number of ether oxygens (including phenoxy) is 1. The third-order valence-corrected chi connectivity index (χ3v) is 3.34. The number of nitrogens with zero attached hydrogens (tertiary/aromatic N) is 1. The first-order valence-corrected chi connectivity index (χ1v) is 6.59. The Morgan fingerprint density at radius 2 is 2.11 bits per heavy atom. The second kappa shape index (κ2) is 5.66. The fourth-order valence-electron chi connectivity index (χ4n) is 1.89. The van der Waals surface area contributed by atoms with Crippen LogP contribution in [-0.4, -0.2) is 34.2 Å². The van der Waals surface area contributed by atoms with Crippen molar-refractivity contribution in [2.24, 2.45) is 0 Å². The lowest BCUT2D eigenvalue weighted by molar-refractivity contribution is -0.150. The van der Waals surface area contributed by atoms with Gasteiger partial charge in [-0.05, 0) is 47.8 Å². The average molecular weight is 329 g/mol. The molecule has 7 heteroatoms. The molecule has 1 saturated heterocycles. The summed E-state index contributed by atoms with van der Waals surface area (Å²) in [5.41, 5.74) is 1.27. The van der Waals surface area contributed by atoms with Gasteiger partial charge in [0.05, 0.1) is 11.4 Å². The molecule has 0 saturated carbocycles. The van der Waals surface area contributed by atoms with Crippen LogP contribution in [0.1, 0.15) is 18.5 Å². The first-order valence-electron chi connectivity index (χ1n) is 5.79. The summed E-state index contributed by atoms with van der Waals surface area (Å²) >= 11 is 3.24. The number of carbonyl (C=O) groups excluding carboxylic acids is 1. The summed E-state index contributed by atoms with van der Waals surface area (Å²) in [6.45, 7) is 1.77. The van der Waals surface area contributed by atoms with E-state index < -0.39 is 18.2 Å². The Morgan fingerprint density at radius 3 is 2.68 bits per heavy atom. The van der Waals surface area contributed by atoms with Crippen molar-refractivity contribution in [2.45, 2.75) is 32.0 Å². The van der Waals surface area contributed by atoms with E-state index in [1.807, 2.05) is 0 Å². The average Bonchev–Trinajstić information content (AvgIpc) is 2.82. The summed E-state index contributed by atoms with van der Waals surface area (Å²) in [5, 5.41) is 11.5. The maximum Gasteiger partial charge on any atom is 0.332 e. The van der Waals surface area contributed by atoms with E-state index in [0.29, 0.717) is 28.8 Å². The van der Waals surface area contributed by atoms with Gasteiger partial charge in [0.25, 0.3) is 5.91 Å². The lowest BCUT2D eigenvalue weighted by Gasteiger charge is -2.13. The highest BCUT2D eigenvalue weighted by Gasteiger charge is 2.34. The molecular weight excluding hydrogens is 316 g/mol. The zero-order valence-electron chi connectivity index (χ0n) is 10.2. The summed E-state index contributed by atoms with van der Waals surface area (Å²) in [6, 6.07) is 3.45. The molecule has 2 atom stereocenters. The van der Waals surface area contributed by atoms with Crippen LogP contribution in [-0.2, 0) is 14.3 Å². The van der Waals surface area contributed by atoms with Gasteiger partial charge in [-0.1, -0.05) is 0 Å². The highest BCUT2D eigenvalue weighted by Crippen LogP contribution is 2.22. The zero-order valence-corrected chi connectivity index (χ0v) is 11.8. The molecule has 1 aromatic heterocycles. The standard InChI is InChI=1S/C12H13BrN2O4/c1-6-7(2-5-10(13)14-6)15-11(16)8-3-4-9(19-8)12(17)18/h2,5,8-9H,3-4H2,1H3,(H,15,16)(H,17,18)/t8-,9+/m0/s1. The Balaban J connectivity index is 2.00. The third-order valence-electron chi connectivity index (χ3n) is 2.90. The Labute approximate surface area is 118 Å². The number of aromatic nitrogens is 1. The monoisotopic (exact) mass is 328 g/mol. The van der Waals surface area contributed by atoms with Crippen LogP contribution >= 0.6 is 15.9 Å². The highest BCUT2D eigenvalue weighted by atomic mass is 79.9. The van der Waals surface area contributed by atoms with Gasteiger partial charge in [0, 0.05) is 0 Å². The van der Waals surface area contributed by atoms with Crippen LogP contribution in [0.15, 0.2) is 16.7 Å². The molecule has 0 unspecified atom stereocenters. The number of aliphatic carboxylic acids is 1. The van der Waals surface area contributed by atoms with E-state index in [-0.39, 0.29) is 5.91 Å². The zero-order chi connectivity index (χ0) is 14.0. The number of hydrogen-bond acceptors (Lipinski definition) is 4. The van der Waals surface area contributed by atoms with E-state index in [1.54, 1.807) is 19.1 Å². The molecule has 1 aliphatic heterocycles. The quantitative estimate of drug-likeness (QED) is 0.825. The maximum atomic E-state index is 12.0. The van der Waals surface area contributed by atoms with Crippen molar-refractivity contribution in [2.75, 3.05) is 5.32 Å². The molecule has 102 valence electrons. The van der Waals surface area contributed by atoms with Crippen molar-refractivity contribution in [1.82, 2.24) is 4.98 Å². The van der Waals surface area contributed by atoms with Gasteiger partial charge in [0.2, 0.25) is 0 Å². The van der Waals surface area contributed by atoms with Crippen LogP contribution in [0.5, 0.6) is 0 Å². The van der Waals surface area contributed by atoms with Crippen LogP contribution in [0.25, 0.3) is 0 Å². The van der Waals surface area contributed by atoms with E-state index >= 15 is 0 Å². The molecule has 1 amide bonds. The molecule has 0 spiro atoms. The number of nitrogens with one attached hydrogen (secondary N) is 1. The minimum absolute atomic E-state index is 0.337. The molecule has 0 aromatic carbocycles. The second-order valence-electron chi connectivity index (χ2n) is 4.29. The van der Waals surface area contributed by atoms with Crippen molar-refractivity contribution in [3.8, 4) is 0 Å². The molecular formula is C12H13BrN2O4. The maximum absolute atomic E-state index is 12.0. The molecule has 1 aromatic rings. The minimum atomic E-state index is -1.03. The van der Waals surface area contributed by atoms with Crippen LogP contribution < -0.4 is 5.32 Å². The summed E-state index contributed by atoms with van der Waals surface area (Å²) < 4.78 is 5.87. The third kappa shape index (κ3) is 3.30. The molecule has 0 aliphatic carbocycles. The number of halogens is 1. The van der Waals surface area contributed by atoms with Crippen LogP contribution in [0.2, 0.25) is 0 Å². The summed E-state index contributed by atoms with van der Waals surface area (Å²) in [4.78, 5) is 26.9. The lowest BCUT2D eigenvalue weighted by Crippen LogP contribution is -2.30. The molecule has 1 fully saturated rings. The smallest absolute Gasteiger partial charge is 0.332 e. The van der Waals surface area contributed by atoms with Gasteiger partial charge in [-0.2, -0.15) is 0 Å². The van der Waals surface area contributed by atoms with Gasteiger partial charge < -0.3 is 15.2 Å². The molecule has 2 N–H and O–H groups in total. The van der Waals surface area contributed by atoms with E-state index in [0.717, 1.165) is 0 Å². The fraction of sp³-hybridized carbons (Fsp3) is 0.417. The topological polar surface area (TPSA) is 88.5 Å². The fourth-order valence-corrected chi connectivity index (χ4v) is 2.29. The van der Waals surface area contributed by atoms with E-state index in [2.05, 4.69) is 26.2 Å². The van der Waals surface area contributed by atoms with Gasteiger partial charge in [-0.3, -0.25) is 4.79 Å². The predicted molar refractivity (Wildman–Crippen MR) is 70.8 cm³/mol. The van der Waals surface area contributed by atoms with E-state index in [9.17, 15) is 9.59 Å². The van der Waals surface area contributed by atoms with Crippen LogP contribution in [0.3, 0.4) is 0 Å². The first-order chi connectivity index (χ1) is 8.97. The van der Waals surface area contributed by atoms with Crippen molar-refractivity contribution >= 4 is 33.5 Å². The lowest BCUT2D eigenvalue weighted by atomic mass is 10.2. The number of pyridine rings is 1. The molecule has 2 rings (SSSR count). The molecule has 1 aliphatic rings. The van der Waals surface area contributed by atoms with Gasteiger partial charge >= 0.3 is 5.97 Å². The van der Waals surface area contributed by atoms with Gasteiger partial charge in [0.15, 0.2) is 6.10 Å². The number of anilines is 1. The van der Waals surface area contributed by atoms with Crippen molar-refractivity contribution in [3.05, 3.63) is 22.4 Å². The van der Waals surface area contributed by atoms with E-state index in [1.165, 1.54) is 0 Å². The van der Waals surface area contributed by atoms with Gasteiger partial charge in [-0.25, -0.2) is 9.78 Å². The SMILES string of the molecule is Cc1nc(Br)ccc1NC(=O)[C@@H]1CC[C@H](C(=O)O)O1. The number of carbonyl (C=O) groups is 2. The molecule has 0 radical (unpaired) electrons. The van der Waals surface area contributed by atoms with Gasteiger partial charge in [0.1, 0.15) is 10.7 Å². The van der Waals surface area contributed by atoms with Crippen molar-refractivity contribution in [1.29, 1.82) is 0 Å². The number of rotatable bonds is 3. The Hall–Kier alpha value is -1.47. The summed E-state index contributed by atoms with van der Waals surface area (Å²) in [6.07, 6.45) is -0.847. The van der Waals surface area contributed by atoms with Crippen molar-refractivity contribution < 1.29 is 19.4 Å².